The normalized spacial score (nSPS) is 26.3. The third-order valence-corrected chi connectivity index (χ3v) is 3.07. The summed E-state index contributed by atoms with van der Waals surface area (Å²) < 4.78 is 0.859. The molecule has 1 fully saturated rings. The van der Waals surface area contributed by atoms with E-state index in [1.165, 1.54) is 0 Å². The second-order valence-electron chi connectivity index (χ2n) is 3.83. The van der Waals surface area contributed by atoms with Crippen molar-refractivity contribution in [3.8, 4) is 0 Å². The van der Waals surface area contributed by atoms with E-state index < -0.39 is 0 Å². The van der Waals surface area contributed by atoms with E-state index in [2.05, 4.69) is 31.2 Å². The largest absolute Gasteiger partial charge is 0.391 e. The zero-order valence-electron chi connectivity index (χ0n) is 8.36. The van der Waals surface area contributed by atoms with Crippen LogP contribution in [0.15, 0.2) is 16.9 Å². The Kier molecular flexibility index (Phi) is 3.53. The molecule has 1 aromatic rings. The molecule has 0 aromatic carbocycles. The van der Waals surface area contributed by atoms with E-state index in [4.69, 9.17) is 0 Å². The lowest BCUT2D eigenvalue weighted by molar-refractivity contribution is 0.116. The maximum Gasteiger partial charge on any atom is 0.222 e. The fourth-order valence-corrected chi connectivity index (χ4v) is 2.04. The van der Waals surface area contributed by atoms with Gasteiger partial charge in [-0.05, 0) is 28.8 Å². The predicted octanol–water partition coefficient (Wildman–Crippen LogP) is 1.95. The van der Waals surface area contributed by atoms with E-state index in [-0.39, 0.29) is 12.1 Å². The molecule has 1 saturated carbocycles. The summed E-state index contributed by atoms with van der Waals surface area (Å²) in [5.74, 6) is 0.587. The number of aromatic nitrogens is 2. The van der Waals surface area contributed by atoms with Crippen LogP contribution < -0.4 is 5.32 Å². The highest BCUT2D eigenvalue weighted by Gasteiger charge is 2.23. The van der Waals surface area contributed by atoms with Crippen LogP contribution in [-0.4, -0.2) is 27.2 Å². The summed E-state index contributed by atoms with van der Waals surface area (Å²) in [6, 6.07) is 0.0972. The van der Waals surface area contributed by atoms with Crippen LogP contribution in [0.2, 0.25) is 0 Å². The lowest BCUT2D eigenvalue weighted by atomic mass is 9.93. The van der Waals surface area contributed by atoms with Crippen molar-refractivity contribution in [2.75, 3.05) is 5.32 Å². The molecule has 0 radical (unpaired) electrons. The molecule has 1 aromatic heterocycles. The highest BCUT2D eigenvalue weighted by molar-refractivity contribution is 9.10. The SMILES string of the molecule is O[C@H]1CCCC[C@H]1Nc1ncc(Br)cn1. The Labute approximate surface area is 97.3 Å². The van der Waals surface area contributed by atoms with E-state index >= 15 is 0 Å². The second kappa shape index (κ2) is 4.90. The summed E-state index contributed by atoms with van der Waals surface area (Å²) in [6.45, 7) is 0. The Morgan fingerprint density at radius 3 is 2.60 bits per heavy atom. The summed E-state index contributed by atoms with van der Waals surface area (Å²) in [6.07, 6.45) is 7.25. The van der Waals surface area contributed by atoms with Crippen LogP contribution >= 0.6 is 15.9 Å². The van der Waals surface area contributed by atoms with Crippen molar-refractivity contribution in [1.82, 2.24) is 9.97 Å². The minimum Gasteiger partial charge on any atom is -0.391 e. The number of halogens is 1. The average molecular weight is 272 g/mol. The topological polar surface area (TPSA) is 58.0 Å². The number of rotatable bonds is 2. The average Bonchev–Trinajstić information content (AvgIpc) is 2.25. The lowest BCUT2D eigenvalue weighted by Gasteiger charge is -2.28. The first kappa shape index (κ1) is 10.8. The summed E-state index contributed by atoms with van der Waals surface area (Å²) in [7, 11) is 0. The molecule has 2 N–H and O–H groups in total. The zero-order valence-corrected chi connectivity index (χ0v) is 9.94. The molecule has 82 valence electrons. The van der Waals surface area contributed by atoms with Gasteiger partial charge in [-0.15, -0.1) is 0 Å². The smallest absolute Gasteiger partial charge is 0.222 e. The fraction of sp³-hybridized carbons (Fsp3) is 0.600. The van der Waals surface area contributed by atoms with Crippen LogP contribution in [0.4, 0.5) is 5.95 Å². The number of anilines is 1. The van der Waals surface area contributed by atoms with E-state index in [1.807, 2.05) is 0 Å². The van der Waals surface area contributed by atoms with Crippen LogP contribution in [0.25, 0.3) is 0 Å². The summed E-state index contributed by atoms with van der Waals surface area (Å²) in [4.78, 5) is 8.25. The minimum atomic E-state index is -0.272. The van der Waals surface area contributed by atoms with Crippen LogP contribution in [0, 0.1) is 0 Å². The highest BCUT2D eigenvalue weighted by atomic mass is 79.9. The standard InChI is InChI=1S/C10H14BrN3O/c11-7-5-12-10(13-6-7)14-8-3-1-2-4-9(8)15/h5-6,8-9,15H,1-4H2,(H,12,13,14)/t8-,9+/m1/s1. The number of nitrogens with one attached hydrogen (secondary N) is 1. The molecule has 0 unspecified atom stereocenters. The van der Waals surface area contributed by atoms with Crippen molar-refractivity contribution < 1.29 is 5.11 Å². The summed E-state index contributed by atoms with van der Waals surface area (Å²) in [5.41, 5.74) is 0. The van der Waals surface area contributed by atoms with Crippen LogP contribution in [0.1, 0.15) is 25.7 Å². The number of aliphatic hydroxyl groups excluding tert-OH is 1. The van der Waals surface area contributed by atoms with Crippen molar-refractivity contribution in [2.45, 2.75) is 37.8 Å². The minimum absolute atomic E-state index is 0.0972. The first-order valence-electron chi connectivity index (χ1n) is 5.18. The lowest BCUT2D eigenvalue weighted by Crippen LogP contribution is -2.36. The van der Waals surface area contributed by atoms with Gasteiger partial charge in [0.2, 0.25) is 5.95 Å². The molecule has 15 heavy (non-hydrogen) atoms. The maximum absolute atomic E-state index is 9.76. The molecule has 2 atom stereocenters. The molecule has 1 heterocycles. The molecule has 2 rings (SSSR count). The first-order valence-corrected chi connectivity index (χ1v) is 5.97. The Balaban J connectivity index is 1.98. The second-order valence-corrected chi connectivity index (χ2v) is 4.74. The molecule has 0 bridgehead atoms. The van der Waals surface area contributed by atoms with Crippen molar-refractivity contribution in [3.05, 3.63) is 16.9 Å². The van der Waals surface area contributed by atoms with Crippen LogP contribution in [0.5, 0.6) is 0 Å². The van der Waals surface area contributed by atoms with Gasteiger partial charge in [0.15, 0.2) is 0 Å². The van der Waals surface area contributed by atoms with Gasteiger partial charge >= 0.3 is 0 Å². The third kappa shape index (κ3) is 2.89. The molecule has 1 aliphatic rings. The Morgan fingerprint density at radius 2 is 1.93 bits per heavy atom. The molecule has 0 amide bonds. The van der Waals surface area contributed by atoms with Gasteiger partial charge in [-0.2, -0.15) is 0 Å². The van der Waals surface area contributed by atoms with Gasteiger partial charge in [0.1, 0.15) is 0 Å². The van der Waals surface area contributed by atoms with Gasteiger partial charge in [-0.3, -0.25) is 0 Å². The monoisotopic (exact) mass is 271 g/mol. The van der Waals surface area contributed by atoms with Gasteiger partial charge in [0.25, 0.3) is 0 Å². The summed E-state index contributed by atoms with van der Waals surface area (Å²) in [5, 5.41) is 12.9. The number of nitrogens with zero attached hydrogens (tertiary/aromatic N) is 2. The quantitative estimate of drug-likeness (QED) is 0.864. The van der Waals surface area contributed by atoms with Gasteiger partial charge in [0.05, 0.1) is 16.6 Å². The molecule has 1 aliphatic carbocycles. The van der Waals surface area contributed by atoms with E-state index in [0.717, 1.165) is 30.2 Å². The Hall–Kier alpha value is -0.680. The molecular formula is C10H14BrN3O. The summed E-state index contributed by atoms with van der Waals surface area (Å²) >= 11 is 3.28. The maximum atomic E-state index is 9.76. The van der Waals surface area contributed by atoms with Crippen molar-refractivity contribution in [2.24, 2.45) is 0 Å². The Bertz CT molecular complexity index is 317. The zero-order chi connectivity index (χ0) is 10.7. The molecule has 0 aliphatic heterocycles. The van der Waals surface area contributed by atoms with E-state index in [0.29, 0.717) is 5.95 Å². The molecule has 4 nitrogen and oxygen atoms in total. The van der Waals surface area contributed by atoms with Gasteiger partial charge in [0, 0.05) is 12.4 Å². The number of aliphatic hydroxyl groups is 1. The van der Waals surface area contributed by atoms with Gasteiger partial charge in [-0.1, -0.05) is 12.8 Å². The molecule has 0 saturated heterocycles. The molecule has 5 heteroatoms. The van der Waals surface area contributed by atoms with Crippen molar-refractivity contribution >= 4 is 21.9 Å². The van der Waals surface area contributed by atoms with E-state index in [1.54, 1.807) is 12.4 Å². The Morgan fingerprint density at radius 1 is 1.27 bits per heavy atom. The van der Waals surface area contributed by atoms with Crippen molar-refractivity contribution in [3.63, 3.8) is 0 Å². The van der Waals surface area contributed by atoms with Crippen molar-refractivity contribution in [1.29, 1.82) is 0 Å². The van der Waals surface area contributed by atoms with Gasteiger partial charge < -0.3 is 10.4 Å². The van der Waals surface area contributed by atoms with E-state index in [9.17, 15) is 5.11 Å². The highest BCUT2D eigenvalue weighted by Crippen LogP contribution is 2.21. The fourth-order valence-electron chi connectivity index (χ4n) is 1.83. The number of hydrogen-bond donors (Lipinski definition) is 2. The number of hydrogen-bond acceptors (Lipinski definition) is 4. The first-order chi connectivity index (χ1) is 7.25. The molecular weight excluding hydrogens is 258 g/mol. The van der Waals surface area contributed by atoms with Crippen LogP contribution in [0.3, 0.4) is 0 Å². The predicted molar refractivity (Wildman–Crippen MR) is 61.6 cm³/mol. The third-order valence-electron chi connectivity index (χ3n) is 2.66. The van der Waals surface area contributed by atoms with Crippen LogP contribution in [-0.2, 0) is 0 Å². The molecule has 0 spiro atoms. The van der Waals surface area contributed by atoms with Gasteiger partial charge in [-0.25, -0.2) is 9.97 Å².